The first-order valence-electron chi connectivity index (χ1n) is 7.95. The van der Waals surface area contributed by atoms with E-state index in [0.29, 0.717) is 30.0 Å². The van der Waals surface area contributed by atoms with Crippen molar-refractivity contribution in [1.82, 2.24) is 5.32 Å². The number of nitrogens with one attached hydrogen (secondary N) is 2. The number of fused-ring (bicyclic) bond motifs is 1. The number of aliphatic hydroxyl groups excluding tert-OH is 1. The van der Waals surface area contributed by atoms with Crippen LogP contribution in [0, 0.1) is 5.82 Å². The second-order valence-corrected chi connectivity index (χ2v) is 5.84. The summed E-state index contributed by atoms with van der Waals surface area (Å²) in [5, 5.41) is 25.9. The Morgan fingerprint density at radius 3 is 2.73 bits per heavy atom. The van der Waals surface area contributed by atoms with Gasteiger partial charge < -0.3 is 25.6 Å². The highest BCUT2D eigenvalue weighted by Crippen LogP contribution is 2.38. The van der Waals surface area contributed by atoms with Gasteiger partial charge in [-0.2, -0.15) is 0 Å². The van der Waals surface area contributed by atoms with Crippen molar-refractivity contribution < 1.29 is 24.1 Å². The Morgan fingerprint density at radius 2 is 2.00 bits per heavy atom. The first-order chi connectivity index (χ1) is 12.0. The molecule has 1 heterocycles. The Bertz CT molecular complexity index is 771. The first kappa shape index (κ1) is 20.0. The number of carbonyl (C=O) groups excluding carboxylic acids is 1. The fourth-order valence-corrected chi connectivity index (χ4v) is 2.69. The van der Waals surface area contributed by atoms with Crippen LogP contribution in [-0.4, -0.2) is 35.8 Å². The van der Waals surface area contributed by atoms with Crippen LogP contribution < -0.4 is 15.4 Å². The van der Waals surface area contributed by atoms with Gasteiger partial charge in [-0.1, -0.05) is 12.1 Å². The van der Waals surface area contributed by atoms with Gasteiger partial charge in [0, 0.05) is 18.2 Å². The predicted molar refractivity (Wildman–Crippen MR) is 97.4 cm³/mol. The molecule has 1 aliphatic heterocycles. The van der Waals surface area contributed by atoms with Crippen LogP contribution in [0.4, 0.5) is 10.1 Å². The van der Waals surface area contributed by atoms with E-state index in [1.807, 2.05) is 0 Å². The lowest BCUT2D eigenvalue weighted by molar-refractivity contribution is -0.118. The maximum absolute atomic E-state index is 12.9. The summed E-state index contributed by atoms with van der Waals surface area (Å²) in [7, 11) is 0. The highest BCUT2D eigenvalue weighted by Gasteiger charge is 2.24. The van der Waals surface area contributed by atoms with Crippen molar-refractivity contribution in [1.29, 1.82) is 0 Å². The van der Waals surface area contributed by atoms with Crippen LogP contribution in [0.2, 0.25) is 0 Å². The average Bonchev–Trinajstić information content (AvgIpc) is 2.59. The zero-order chi connectivity index (χ0) is 17.8. The summed E-state index contributed by atoms with van der Waals surface area (Å²) in [6.07, 6.45) is -0.221. The molecule has 2 aromatic rings. The van der Waals surface area contributed by atoms with Gasteiger partial charge in [0.1, 0.15) is 17.3 Å². The minimum Gasteiger partial charge on any atom is -0.508 e. The Morgan fingerprint density at radius 1 is 1.27 bits per heavy atom. The van der Waals surface area contributed by atoms with E-state index in [4.69, 9.17) is 4.74 Å². The third kappa shape index (κ3) is 4.85. The fourth-order valence-electron chi connectivity index (χ4n) is 2.69. The number of anilines is 1. The number of carbonyl (C=O) groups is 1. The van der Waals surface area contributed by atoms with Gasteiger partial charge in [0.15, 0.2) is 6.61 Å². The number of amides is 1. The lowest BCUT2D eigenvalue weighted by Crippen LogP contribution is -2.28. The molecular formula is C18H20ClFN2O4. The summed E-state index contributed by atoms with van der Waals surface area (Å²) in [6, 6.07) is 9.06. The number of benzene rings is 2. The second kappa shape index (κ2) is 8.84. The van der Waals surface area contributed by atoms with Crippen molar-refractivity contribution in [3.05, 3.63) is 53.3 Å². The molecule has 1 atom stereocenters. The SMILES string of the molecule is Cl.O=C1COc2c(cc(O)cc2C(O)CNCCc2ccc(F)cc2)N1. The Labute approximate surface area is 156 Å². The average molecular weight is 383 g/mol. The second-order valence-electron chi connectivity index (χ2n) is 5.84. The van der Waals surface area contributed by atoms with E-state index < -0.39 is 6.10 Å². The zero-order valence-electron chi connectivity index (χ0n) is 13.9. The van der Waals surface area contributed by atoms with Crippen molar-refractivity contribution in [2.45, 2.75) is 12.5 Å². The third-order valence-corrected chi connectivity index (χ3v) is 3.92. The predicted octanol–water partition coefficient (Wildman–Crippen LogP) is 2.15. The third-order valence-electron chi connectivity index (χ3n) is 3.92. The van der Waals surface area contributed by atoms with Crippen LogP contribution in [0.15, 0.2) is 36.4 Å². The van der Waals surface area contributed by atoms with E-state index in [1.54, 1.807) is 12.1 Å². The fraction of sp³-hybridized carbons (Fsp3) is 0.278. The van der Waals surface area contributed by atoms with Crippen LogP contribution in [0.5, 0.6) is 11.5 Å². The molecule has 0 saturated heterocycles. The molecule has 1 amide bonds. The molecule has 140 valence electrons. The normalized spacial score (nSPS) is 13.8. The zero-order valence-corrected chi connectivity index (χ0v) is 14.7. The van der Waals surface area contributed by atoms with Crippen LogP contribution in [0.25, 0.3) is 0 Å². The number of phenols is 1. The van der Waals surface area contributed by atoms with Gasteiger partial charge in [0.05, 0.1) is 11.8 Å². The standard InChI is InChI=1S/C18H19FN2O4.ClH/c19-12-3-1-11(2-4-12)5-6-20-9-16(23)14-7-13(22)8-15-18(14)25-10-17(24)21-15;/h1-4,7-8,16,20,22-23H,5-6,9-10H2,(H,21,24);1H. The van der Waals surface area contributed by atoms with Crippen molar-refractivity contribution in [2.24, 2.45) is 0 Å². The lowest BCUT2D eigenvalue weighted by atomic mass is 10.0. The minimum absolute atomic E-state index is 0. The van der Waals surface area contributed by atoms with E-state index in [9.17, 15) is 19.4 Å². The summed E-state index contributed by atoms with van der Waals surface area (Å²) in [6.45, 7) is 0.713. The highest BCUT2D eigenvalue weighted by atomic mass is 35.5. The van der Waals surface area contributed by atoms with Crippen LogP contribution >= 0.6 is 12.4 Å². The quantitative estimate of drug-likeness (QED) is 0.575. The van der Waals surface area contributed by atoms with Gasteiger partial charge in [0.25, 0.3) is 5.91 Å². The molecule has 0 aliphatic carbocycles. The van der Waals surface area contributed by atoms with Gasteiger partial charge in [-0.3, -0.25) is 4.79 Å². The number of hydrogen-bond acceptors (Lipinski definition) is 5. The van der Waals surface area contributed by atoms with Gasteiger partial charge in [-0.05, 0) is 36.7 Å². The molecule has 1 unspecified atom stereocenters. The Kier molecular flexibility index (Phi) is 6.79. The molecule has 6 nitrogen and oxygen atoms in total. The topological polar surface area (TPSA) is 90.8 Å². The highest BCUT2D eigenvalue weighted by molar-refractivity contribution is 5.96. The first-order valence-corrected chi connectivity index (χ1v) is 7.95. The molecule has 8 heteroatoms. The van der Waals surface area contributed by atoms with E-state index in [1.165, 1.54) is 24.3 Å². The van der Waals surface area contributed by atoms with Crippen molar-refractivity contribution in [3.63, 3.8) is 0 Å². The number of ether oxygens (including phenoxy) is 1. The van der Waals surface area contributed by atoms with Gasteiger partial charge in [-0.25, -0.2) is 4.39 Å². The van der Waals surface area contributed by atoms with E-state index in [-0.39, 0.29) is 43.0 Å². The monoisotopic (exact) mass is 382 g/mol. The number of hydrogen-bond donors (Lipinski definition) is 4. The molecule has 1 aliphatic rings. The number of rotatable bonds is 6. The van der Waals surface area contributed by atoms with Crippen molar-refractivity contribution in [3.8, 4) is 11.5 Å². The van der Waals surface area contributed by atoms with Crippen molar-refractivity contribution in [2.75, 3.05) is 25.0 Å². The molecule has 0 spiro atoms. The summed E-state index contributed by atoms with van der Waals surface area (Å²) in [5.41, 5.74) is 1.74. The molecule has 0 bridgehead atoms. The number of phenolic OH excluding ortho intramolecular Hbond substituents is 1. The maximum Gasteiger partial charge on any atom is 0.262 e. The molecule has 3 rings (SSSR count). The Hall–Kier alpha value is -2.35. The molecule has 2 aromatic carbocycles. The number of aromatic hydroxyl groups is 1. The molecule has 0 radical (unpaired) electrons. The lowest BCUT2D eigenvalue weighted by Gasteiger charge is -2.23. The van der Waals surface area contributed by atoms with E-state index in [0.717, 1.165) is 5.56 Å². The summed E-state index contributed by atoms with van der Waals surface area (Å²) in [5.74, 6) is -0.279. The number of halogens is 2. The molecular weight excluding hydrogens is 363 g/mol. The smallest absolute Gasteiger partial charge is 0.262 e. The molecule has 0 aromatic heterocycles. The van der Waals surface area contributed by atoms with Crippen LogP contribution in [0.1, 0.15) is 17.2 Å². The van der Waals surface area contributed by atoms with Gasteiger partial charge in [-0.15, -0.1) is 12.4 Å². The summed E-state index contributed by atoms with van der Waals surface area (Å²) < 4.78 is 18.2. The maximum atomic E-state index is 12.9. The minimum atomic E-state index is -0.913. The Balaban J connectivity index is 0.00000243. The van der Waals surface area contributed by atoms with Gasteiger partial charge in [0.2, 0.25) is 0 Å². The van der Waals surface area contributed by atoms with Crippen LogP contribution in [0.3, 0.4) is 0 Å². The summed E-state index contributed by atoms with van der Waals surface area (Å²) >= 11 is 0. The molecule has 0 fully saturated rings. The van der Waals surface area contributed by atoms with Crippen molar-refractivity contribution >= 4 is 24.0 Å². The molecule has 26 heavy (non-hydrogen) atoms. The van der Waals surface area contributed by atoms with E-state index >= 15 is 0 Å². The van der Waals surface area contributed by atoms with E-state index in [2.05, 4.69) is 10.6 Å². The molecule has 4 N–H and O–H groups in total. The van der Waals surface area contributed by atoms with Gasteiger partial charge >= 0.3 is 0 Å². The summed E-state index contributed by atoms with van der Waals surface area (Å²) in [4.78, 5) is 11.4. The number of aliphatic hydroxyl groups is 1. The van der Waals surface area contributed by atoms with Crippen LogP contribution in [-0.2, 0) is 11.2 Å². The largest absolute Gasteiger partial charge is 0.508 e. The molecule has 0 saturated carbocycles.